The normalized spacial score (nSPS) is 12.4. The van der Waals surface area contributed by atoms with E-state index in [-0.39, 0.29) is 6.04 Å². The molecule has 1 aromatic heterocycles. The summed E-state index contributed by atoms with van der Waals surface area (Å²) in [6.45, 7) is 2.74. The van der Waals surface area contributed by atoms with E-state index in [1.807, 2.05) is 43.2 Å². The summed E-state index contributed by atoms with van der Waals surface area (Å²) >= 11 is 0. The van der Waals surface area contributed by atoms with Gasteiger partial charge in [0.2, 0.25) is 0 Å². The molecule has 4 nitrogen and oxygen atoms in total. The van der Waals surface area contributed by atoms with Crippen molar-refractivity contribution in [3.63, 3.8) is 0 Å². The number of rotatable bonds is 6. The minimum Gasteiger partial charge on any atom is -0.494 e. The molecule has 1 unspecified atom stereocenters. The number of imidazole rings is 1. The van der Waals surface area contributed by atoms with Crippen LogP contribution in [0, 0.1) is 6.92 Å². The molecular formula is C15H21N3O. The lowest BCUT2D eigenvalue weighted by atomic mass is 10.2. The van der Waals surface area contributed by atoms with Crippen molar-refractivity contribution in [2.24, 2.45) is 7.05 Å². The fourth-order valence-electron chi connectivity index (χ4n) is 2.12. The van der Waals surface area contributed by atoms with Crippen molar-refractivity contribution in [3.05, 3.63) is 48.0 Å². The maximum atomic E-state index is 5.78. The number of nitrogens with one attached hydrogen (secondary N) is 1. The molecule has 1 heterocycles. The summed E-state index contributed by atoms with van der Waals surface area (Å²) in [6, 6.07) is 8.33. The molecule has 0 amide bonds. The average Bonchev–Trinajstić information content (AvgIpc) is 2.81. The van der Waals surface area contributed by atoms with Gasteiger partial charge in [-0.1, -0.05) is 12.1 Å². The van der Waals surface area contributed by atoms with Crippen LogP contribution in [0.1, 0.15) is 23.9 Å². The lowest BCUT2D eigenvalue weighted by Crippen LogP contribution is -2.22. The summed E-state index contributed by atoms with van der Waals surface area (Å²) in [5.41, 5.74) is 1.21. The molecule has 0 saturated carbocycles. The minimum atomic E-state index is 0.213. The molecule has 4 heteroatoms. The zero-order valence-electron chi connectivity index (χ0n) is 11.8. The topological polar surface area (TPSA) is 39.1 Å². The fourth-order valence-corrected chi connectivity index (χ4v) is 2.12. The van der Waals surface area contributed by atoms with Crippen LogP contribution in [-0.4, -0.2) is 23.2 Å². The van der Waals surface area contributed by atoms with E-state index in [0.29, 0.717) is 6.61 Å². The third-order valence-corrected chi connectivity index (χ3v) is 3.18. The largest absolute Gasteiger partial charge is 0.494 e. The van der Waals surface area contributed by atoms with Crippen molar-refractivity contribution in [1.29, 1.82) is 0 Å². The molecule has 1 aromatic carbocycles. The van der Waals surface area contributed by atoms with Gasteiger partial charge in [0.1, 0.15) is 11.6 Å². The Labute approximate surface area is 114 Å². The third kappa shape index (κ3) is 3.58. The van der Waals surface area contributed by atoms with Crippen molar-refractivity contribution in [2.45, 2.75) is 19.4 Å². The first-order chi connectivity index (χ1) is 9.20. The highest BCUT2D eigenvalue weighted by Gasteiger charge is 2.13. The maximum Gasteiger partial charge on any atom is 0.125 e. The first-order valence-electron chi connectivity index (χ1n) is 6.54. The lowest BCUT2D eigenvalue weighted by molar-refractivity contribution is 0.286. The molecule has 1 N–H and O–H groups in total. The van der Waals surface area contributed by atoms with Gasteiger partial charge in [-0.15, -0.1) is 0 Å². The van der Waals surface area contributed by atoms with Crippen LogP contribution in [0.3, 0.4) is 0 Å². The number of ether oxygens (including phenoxy) is 1. The van der Waals surface area contributed by atoms with Crippen LogP contribution in [0.25, 0.3) is 0 Å². The molecule has 0 radical (unpaired) electrons. The second kappa shape index (κ2) is 6.38. The summed E-state index contributed by atoms with van der Waals surface area (Å²) in [5.74, 6) is 1.96. The van der Waals surface area contributed by atoms with E-state index in [1.165, 1.54) is 5.56 Å². The first kappa shape index (κ1) is 13.6. The predicted molar refractivity (Wildman–Crippen MR) is 76.3 cm³/mol. The van der Waals surface area contributed by atoms with Crippen LogP contribution < -0.4 is 10.1 Å². The fraction of sp³-hybridized carbons (Fsp3) is 0.400. The molecule has 102 valence electrons. The summed E-state index contributed by atoms with van der Waals surface area (Å²) in [5, 5.41) is 3.28. The van der Waals surface area contributed by atoms with Gasteiger partial charge in [0.15, 0.2) is 0 Å². The highest BCUT2D eigenvalue weighted by atomic mass is 16.5. The quantitative estimate of drug-likeness (QED) is 0.866. The van der Waals surface area contributed by atoms with E-state index >= 15 is 0 Å². The Morgan fingerprint density at radius 2 is 2.26 bits per heavy atom. The third-order valence-electron chi connectivity index (χ3n) is 3.18. The Morgan fingerprint density at radius 1 is 1.42 bits per heavy atom. The van der Waals surface area contributed by atoms with Crippen molar-refractivity contribution in [2.75, 3.05) is 13.7 Å². The molecule has 1 atom stereocenters. The molecule has 0 aliphatic carbocycles. The number of aryl methyl sites for hydroxylation is 2. The Hall–Kier alpha value is -1.81. The van der Waals surface area contributed by atoms with Crippen LogP contribution in [0.2, 0.25) is 0 Å². The Morgan fingerprint density at radius 3 is 2.89 bits per heavy atom. The van der Waals surface area contributed by atoms with Gasteiger partial charge in [0.05, 0.1) is 12.6 Å². The molecule has 0 aliphatic rings. The van der Waals surface area contributed by atoms with Crippen LogP contribution in [0.5, 0.6) is 5.75 Å². The predicted octanol–water partition coefficient (Wildman–Crippen LogP) is 2.46. The van der Waals surface area contributed by atoms with E-state index in [0.717, 1.165) is 18.0 Å². The van der Waals surface area contributed by atoms with Crippen molar-refractivity contribution in [1.82, 2.24) is 14.9 Å². The number of nitrogens with zero attached hydrogens (tertiary/aromatic N) is 2. The SMILES string of the molecule is CNC(CCOc1cccc(C)c1)c1nccn1C. The van der Waals surface area contributed by atoms with Gasteiger partial charge >= 0.3 is 0 Å². The van der Waals surface area contributed by atoms with Gasteiger partial charge in [-0.25, -0.2) is 4.98 Å². The number of hydrogen-bond acceptors (Lipinski definition) is 3. The van der Waals surface area contributed by atoms with Gasteiger partial charge in [-0.3, -0.25) is 0 Å². The Balaban J connectivity index is 1.89. The monoisotopic (exact) mass is 259 g/mol. The number of benzene rings is 1. The average molecular weight is 259 g/mol. The molecule has 0 spiro atoms. The molecule has 2 aromatic rings. The van der Waals surface area contributed by atoms with E-state index < -0.39 is 0 Å². The highest BCUT2D eigenvalue weighted by molar-refractivity contribution is 5.27. The van der Waals surface area contributed by atoms with Gasteiger partial charge in [0.25, 0.3) is 0 Å². The van der Waals surface area contributed by atoms with Crippen LogP contribution in [0.4, 0.5) is 0 Å². The molecule has 0 saturated heterocycles. The summed E-state index contributed by atoms with van der Waals surface area (Å²) < 4.78 is 7.82. The van der Waals surface area contributed by atoms with Crippen molar-refractivity contribution in [3.8, 4) is 5.75 Å². The lowest BCUT2D eigenvalue weighted by Gasteiger charge is -2.16. The smallest absolute Gasteiger partial charge is 0.125 e. The molecular weight excluding hydrogens is 238 g/mol. The van der Waals surface area contributed by atoms with Crippen LogP contribution >= 0.6 is 0 Å². The van der Waals surface area contributed by atoms with Gasteiger partial charge in [0, 0.05) is 25.9 Å². The van der Waals surface area contributed by atoms with Gasteiger partial charge in [-0.05, 0) is 31.7 Å². The van der Waals surface area contributed by atoms with E-state index in [2.05, 4.69) is 29.4 Å². The minimum absolute atomic E-state index is 0.213. The molecule has 2 rings (SSSR count). The van der Waals surface area contributed by atoms with E-state index in [1.54, 1.807) is 0 Å². The molecule has 19 heavy (non-hydrogen) atoms. The molecule has 0 aliphatic heterocycles. The van der Waals surface area contributed by atoms with Crippen LogP contribution in [-0.2, 0) is 7.05 Å². The second-order valence-corrected chi connectivity index (χ2v) is 4.69. The van der Waals surface area contributed by atoms with Gasteiger partial charge in [-0.2, -0.15) is 0 Å². The highest BCUT2D eigenvalue weighted by Crippen LogP contribution is 2.16. The van der Waals surface area contributed by atoms with E-state index in [4.69, 9.17) is 4.74 Å². The molecule has 0 bridgehead atoms. The molecule has 0 fully saturated rings. The standard InChI is InChI=1S/C15H21N3O/c1-12-5-4-6-13(11-12)19-10-7-14(16-2)15-17-8-9-18(15)3/h4-6,8-9,11,14,16H,7,10H2,1-3H3. The van der Waals surface area contributed by atoms with Gasteiger partial charge < -0.3 is 14.6 Å². The number of hydrogen-bond donors (Lipinski definition) is 1. The maximum absolute atomic E-state index is 5.78. The first-order valence-corrected chi connectivity index (χ1v) is 6.54. The Kier molecular flexibility index (Phi) is 4.58. The zero-order chi connectivity index (χ0) is 13.7. The number of aromatic nitrogens is 2. The summed E-state index contributed by atoms with van der Waals surface area (Å²) in [6.07, 6.45) is 4.66. The summed E-state index contributed by atoms with van der Waals surface area (Å²) in [7, 11) is 3.96. The van der Waals surface area contributed by atoms with Crippen molar-refractivity contribution >= 4 is 0 Å². The van der Waals surface area contributed by atoms with Crippen molar-refractivity contribution < 1.29 is 4.74 Å². The summed E-state index contributed by atoms with van der Waals surface area (Å²) in [4.78, 5) is 4.37. The zero-order valence-corrected chi connectivity index (χ0v) is 11.8. The Bertz CT molecular complexity index is 522. The van der Waals surface area contributed by atoms with Crippen LogP contribution in [0.15, 0.2) is 36.7 Å². The second-order valence-electron chi connectivity index (χ2n) is 4.69. The van der Waals surface area contributed by atoms with E-state index in [9.17, 15) is 0 Å².